The Balaban J connectivity index is 2.21. The van der Waals surface area contributed by atoms with E-state index in [0.29, 0.717) is 6.61 Å². The molecule has 5 heteroatoms. The smallest absolute Gasteiger partial charge is 0.143 e. The number of ether oxygens (including phenoxy) is 1. The first-order valence-electron chi connectivity index (χ1n) is 6.17. The van der Waals surface area contributed by atoms with Gasteiger partial charge in [0, 0.05) is 4.47 Å². The monoisotopic (exact) mass is 411 g/mol. The fourth-order valence-electron chi connectivity index (χ4n) is 2.00. The van der Waals surface area contributed by atoms with Crippen molar-refractivity contribution in [3.63, 3.8) is 0 Å². The predicted octanol–water partition coefficient (Wildman–Crippen LogP) is 5.89. The highest BCUT2D eigenvalue weighted by atomic mass is 79.9. The minimum Gasteiger partial charge on any atom is -0.492 e. The van der Waals surface area contributed by atoms with Crippen LogP contribution >= 0.6 is 43.2 Å². The van der Waals surface area contributed by atoms with E-state index < -0.39 is 0 Å². The van der Waals surface area contributed by atoms with E-state index in [-0.39, 0.29) is 0 Å². The van der Waals surface area contributed by atoms with E-state index in [1.165, 1.54) is 4.70 Å². The number of benzene rings is 2. The summed E-state index contributed by atoms with van der Waals surface area (Å²) in [6.07, 6.45) is 0. The lowest BCUT2D eigenvalue weighted by Gasteiger charge is -2.11. The number of hydrogen-bond acceptors (Lipinski definition) is 3. The van der Waals surface area contributed by atoms with Gasteiger partial charge >= 0.3 is 0 Å². The number of rotatable bonds is 3. The number of fused-ring (bicyclic) bond motifs is 1. The molecule has 3 aromatic rings. The Kier molecular flexibility index (Phi) is 4.10. The molecule has 0 amide bonds. The number of aromatic nitrogens is 1. The maximum absolute atomic E-state index is 5.77. The second-order valence-electron chi connectivity index (χ2n) is 4.18. The van der Waals surface area contributed by atoms with Gasteiger partial charge in [0.1, 0.15) is 10.8 Å². The van der Waals surface area contributed by atoms with Gasteiger partial charge in [0.25, 0.3) is 0 Å². The zero-order valence-corrected chi connectivity index (χ0v) is 14.7. The summed E-state index contributed by atoms with van der Waals surface area (Å²) >= 11 is 8.77. The highest BCUT2D eigenvalue weighted by Gasteiger charge is 2.15. The number of thiazole rings is 1. The first-order chi connectivity index (χ1) is 9.69. The molecule has 0 spiro atoms. The standard InChI is InChI=1S/C15H11Br2NOS/c1-2-19-14-10(7-9(16)8-11(14)17)15-18-12-5-3-4-6-13(12)20-15/h3-8H,2H2,1H3. The van der Waals surface area contributed by atoms with Crippen LogP contribution in [0.15, 0.2) is 45.3 Å². The fraction of sp³-hybridized carbons (Fsp3) is 0.133. The van der Waals surface area contributed by atoms with E-state index in [9.17, 15) is 0 Å². The van der Waals surface area contributed by atoms with Gasteiger partial charge in [-0.2, -0.15) is 0 Å². The van der Waals surface area contributed by atoms with Gasteiger partial charge < -0.3 is 4.74 Å². The van der Waals surface area contributed by atoms with Crippen LogP contribution in [-0.4, -0.2) is 11.6 Å². The summed E-state index contributed by atoms with van der Waals surface area (Å²) in [6, 6.07) is 12.2. The van der Waals surface area contributed by atoms with Crippen molar-refractivity contribution in [2.45, 2.75) is 6.92 Å². The van der Waals surface area contributed by atoms with E-state index in [1.807, 2.05) is 37.3 Å². The van der Waals surface area contributed by atoms with Gasteiger partial charge in [-0.1, -0.05) is 28.1 Å². The molecule has 1 aromatic heterocycles. The Hall–Kier alpha value is -0.910. The van der Waals surface area contributed by atoms with E-state index in [4.69, 9.17) is 9.72 Å². The molecule has 0 radical (unpaired) electrons. The van der Waals surface area contributed by atoms with Gasteiger partial charge in [0.05, 0.1) is 26.9 Å². The van der Waals surface area contributed by atoms with Gasteiger partial charge in [-0.25, -0.2) is 4.98 Å². The molecule has 0 aliphatic carbocycles. The van der Waals surface area contributed by atoms with Gasteiger partial charge in [-0.05, 0) is 47.1 Å². The molecule has 0 aliphatic heterocycles. The van der Waals surface area contributed by atoms with E-state index in [1.54, 1.807) is 11.3 Å². The third kappa shape index (κ3) is 2.62. The van der Waals surface area contributed by atoms with Crippen molar-refractivity contribution < 1.29 is 4.74 Å². The Morgan fingerprint density at radius 2 is 2.00 bits per heavy atom. The molecule has 0 aliphatic rings. The summed E-state index contributed by atoms with van der Waals surface area (Å²) < 4.78 is 8.89. The normalized spacial score (nSPS) is 10.9. The van der Waals surface area contributed by atoms with Crippen LogP contribution in [0.5, 0.6) is 5.75 Å². The largest absolute Gasteiger partial charge is 0.492 e. The molecule has 0 saturated carbocycles. The van der Waals surface area contributed by atoms with Crippen molar-refractivity contribution in [1.29, 1.82) is 0 Å². The van der Waals surface area contributed by atoms with E-state index in [2.05, 4.69) is 37.9 Å². The Labute approximate surface area is 138 Å². The summed E-state index contributed by atoms with van der Waals surface area (Å²) in [5.74, 6) is 0.842. The average Bonchev–Trinajstić information content (AvgIpc) is 2.85. The van der Waals surface area contributed by atoms with Crippen molar-refractivity contribution in [1.82, 2.24) is 4.98 Å². The second-order valence-corrected chi connectivity index (χ2v) is 6.98. The minimum atomic E-state index is 0.623. The number of para-hydroxylation sites is 1. The van der Waals surface area contributed by atoms with Crippen molar-refractivity contribution in [2.24, 2.45) is 0 Å². The van der Waals surface area contributed by atoms with Crippen LogP contribution < -0.4 is 4.74 Å². The molecule has 102 valence electrons. The maximum Gasteiger partial charge on any atom is 0.143 e. The van der Waals surface area contributed by atoms with E-state index >= 15 is 0 Å². The zero-order valence-electron chi connectivity index (χ0n) is 10.7. The van der Waals surface area contributed by atoms with Crippen molar-refractivity contribution in [3.8, 4) is 16.3 Å². The lowest BCUT2D eigenvalue weighted by molar-refractivity contribution is 0.339. The van der Waals surface area contributed by atoms with Crippen molar-refractivity contribution >= 4 is 53.4 Å². The van der Waals surface area contributed by atoms with Crippen LogP contribution in [-0.2, 0) is 0 Å². The van der Waals surface area contributed by atoms with Crippen LogP contribution in [0.25, 0.3) is 20.8 Å². The molecule has 3 rings (SSSR count). The van der Waals surface area contributed by atoms with Crippen LogP contribution in [0.4, 0.5) is 0 Å². The molecule has 0 fully saturated rings. The quantitative estimate of drug-likeness (QED) is 0.535. The van der Waals surface area contributed by atoms with Crippen LogP contribution in [0, 0.1) is 0 Å². The Bertz CT molecular complexity index is 737. The van der Waals surface area contributed by atoms with Crippen LogP contribution in [0.1, 0.15) is 6.92 Å². The molecule has 0 saturated heterocycles. The summed E-state index contributed by atoms with van der Waals surface area (Å²) in [7, 11) is 0. The lowest BCUT2D eigenvalue weighted by Crippen LogP contribution is -1.95. The van der Waals surface area contributed by atoms with Gasteiger partial charge in [0.2, 0.25) is 0 Å². The first-order valence-corrected chi connectivity index (χ1v) is 8.57. The molecule has 2 nitrogen and oxygen atoms in total. The molecule has 1 heterocycles. The van der Waals surface area contributed by atoms with Gasteiger partial charge in [-0.3, -0.25) is 0 Å². The number of nitrogens with zero attached hydrogens (tertiary/aromatic N) is 1. The highest BCUT2D eigenvalue weighted by Crippen LogP contribution is 2.41. The number of hydrogen-bond donors (Lipinski definition) is 0. The summed E-state index contributed by atoms with van der Waals surface area (Å²) in [4.78, 5) is 4.70. The first kappa shape index (κ1) is 14.0. The molecule has 0 unspecified atom stereocenters. The molecule has 0 bridgehead atoms. The third-order valence-electron chi connectivity index (χ3n) is 2.82. The predicted molar refractivity (Wildman–Crippen MR) is 91.6 cm³/mol. The summed E-state index contributed by atoms with van der Waals surface area (Å²) in [5.41, 5.74) is 2.03. The molecular formula is C15H11Br2NOS. The molecular weight excluding hydrogens is 402 g/mol. The average molecular weight is 413 g/mol. The maximum atomic E-state index is 5.77. The van der Waals surface area contributed by atoms with Crippen molar-refractivity contribution in [3.05, 3.63) is 45.3 Å². The Morgan fingerprint density at radius 1 is 1.20 bits per heavy atom. The Morgan fingerprint density at radius 3 is 2.75 bits per heavy atom. The van der Waals surface area contributed by atoms with Gasteiger partial charge in [-0.15, -0.1) is 11.3 Å². The summed E-state index contributed by atoms with van der Waals surface area (Å²) in [5, 5.41) is 0.969. The third-order valence-corrected chi connectivity index (χ3v) is 4.94. The lowest BCUT2D eigenvalue weighted by atomic mass is 10.2. The second kappa shape index (κ2) is 5.84. The number of halogens is 2. The summed E-state index contributed by atoms with van der Waals surface area (Å²) in [6.45, 7) is 2.61. The topological polar surface area (TPSA) is 22.1 Å². The van der Waals surface area contributed by atoms with Crippen LogP contribution in [0.2, 0.25) is 0 Å². The highest BCUT2D eigenvalue weighted by molar-refractivity contribution is 9.11. The SMILES string of the molecule is CCOc1c(Br)cc(Br)cc1-c1nc2ccccc2s1. The molecule has 0 atom stereocenters. The molecule has 20 heavy (non-hydrogen) atoms. The van der Waals surface area contributed by atoms with E-state index in [0.717, 1.165) is 30.8 Å². The zero-order chi connectivity index (χ0) is 14.1. The fourth-order valence-corrected chi connectivity index (χ4v) is 4.32. The molecule has 2 aromatic carbocycles. The van der Waals surface area contributed by atoms with Gasteiger partial charge in [0.15, 0.2) is 0 Å². The van der Waals surface area contributed by atoms with Crippen molar-refractivity contribution in [2.75, 3.05) is 6.61 Å². The van der Waals surface area contributed by atoms with Crippen LogP contribution in [0.3, 0.4) is 0 Å². The molecule has 0 N–H and O–H groups in total. The minimum absolute atomic E-state index is 0.623.